The van der Waals surface area contributed by atoms with Crippen LogP contribution in [0.3, 0.4) is 0 Å². The molecule has 1 aromatic rings. The first-order valence-corrected chi connectivity index (χ1v) is 7.99. The second-order valence-electron chi connectivity index (χ2n) is 7.49. The molecule has 0 radical (unpaired) electrons. The second-order valence-corrected chi connectivity index (χ2v) is 7.87. The van der Waals surface area contributed by atoms with Gasteiger partial charge in [0.2, 0.25) is 0 Å². The minimum atomic E-state index is -0.300. The molecule has 22 heavy (non-hydrogen) atoms. The SMILES string of the molecule is CC(C)(C)c1cc(NC(=O)NCCCl)cc(C(C)(C)C)c1O. The monoisotopic (exact) mass is 326 g/mol. The molecule has 0 saturated carbocycles. The highest BCUT2D eigenvalue weighted by Gasteiger charge is 2.26. The maximum Gasteiger partial charge on any atom is 0.319 e. The summed E-state index contributed by atoms with van der Waals surface area (Å²) in [7, 11) is 0. The average Bonchev–Trinajstić information content (AvgIpc) is 2.35. The Hall–Kier alpha value is -1.42. The van der Waals surface area contributed by atoms with Crippen LogP contribution in [0.4, 0.5) is 10.5 Å². The van der Waals surface area contributed by atoms with Crippen LogP contribution in [0, 0.1) is 0 Å². The highest BCUT2D eigenvalue weighted by Crippen LogP contribution is 2.40. The Morgan fingerprint density at radius 2 is 1.55 bits per heavy atom. The number of halogens is 1. The number of carbonyl (C=O) groups is 1. The topological polar surface area (TPSA) is 61.4 Å². The zero-order chi connectivity index (χ0) is 17.1. The lowest BCUT2D eigenvalue weighted by atomic mass is 9.79. The summed E-state index contributed by atoms with van der Waals surface area (Å²) in [5, 5.41) is 16.1. The summed E-state index contributed by atoms with van der Waals surface area (Å²) >= 11 is 5.56. The van der Waals surface area contributed by atoms with E-state index >= 15 is 0 Å². The summed E-state index contributed by atoms with van der Waals surface area (Å²) < 4.78 is 0. The van der Waals surface area contributed by atoms with Crippen molar-refractivity contribution in [1.82, 2.24) is 5.32 Å². The van der Waals surface area contributed by atoms with E-state index in [4.69, 9.17) is 11.6 Å². The third kappa shape index (κ3) is 4.80. The van der Waals surface area contributed by atoms with Gasteiger partial charge in [-0.2, -0.15) is 0 Å². The fourth-order valence-electron chi connectivity index (χ4n) is 2.19. The lowest BCUT2D eigenvalue weighted by Crippen LogP contribution is -2.30. The van der Waals surface area contributed by atoms with Gasteiger partial charge >= 0.3 is 6.03 Å². The molecule has 0 aromatic heterocycles. The number of carbonyl (C=O) groups excluding carboxylic acids is 1. The molecule has 0 heterocycles. The van der Waals surface area contributed by atoms with Crippen molar-refractivity contribution in [3.63, 3.8) is 0 Å². The molecule has 5 heteroatoms. The van der Waals surface area contributed by atoms with Crippen LogP contribution in [-0.2, 0) is 10.8 Å². The number of rotatable bonds is 3. The summed E-state index contributed by atoms with van der Waals surface area (Å²) in [6, 6.07) is 3.35. The Kier molecular flexibility index (Phi) is 5.74. The first kappa shape index (κ1) is 18.6. The number of nitrogens with one attached hydrogen (secondary N) is 2. The van der Waals surface area contributed by atoms with Crippen LogP contribution in [0.1, 0.15) is 52.7 Å². The lowest BCUT2D eigenvalue weighted by molar-refractivity contribution is 0.252. The van der Waals surface area contributed by atoms with E-state index in [0.29, 0.717) is 23.9 Å². The number of hydrogen-bond donors (Lipinski definition) is 3. The first-order chi connectivity index (χ1) is 9.96. The zero-order valence-corrected chi connectivity index (χ0v) is 15.1. The van der Waals surface area contributed by atoms with E-state index in [2.05, 4.69) is 10.6 Å². The van der Waals surface area contributed by atoms with Gasteiger partial charge in [0.1, 0.15) is 5.75 Å². The van der Waals surface area contributed by atoms with Gasteiger partial charge in [-0.25, -0.2) is 4.79 Å². The van der Waals surface area contributed by atoms with Gasteiger partial charge in [0.05, 0.1) is 0 Å². The van der Waals surface area contributed by atoms with Crippen molar-refractivity contribution in [3.8, 4) is 5.75 Å². The van der Waals surface area contributed by atoms with Crippen molar-refractivity contribution in [2.45, 2.75) is 52.4 Å². The number of urea groups is 1. The van der Waals surface area contributed by atoms with Crippen molar-refractivity contribution in [2.24, 2.45) is 0 Å². The van der Waals surface area contributed by atoms with Gasteiger partial charge in [0.25, 0.3) is 0 Å². The second kappa shape index (κ2) is 6.78. The maximum atomic E-state index is 11.8. The number of phenolic OH excluding ortho intramolecular Hbond substituents is 1. The number of benzene rings is 1. The minimum absolute atomic E-state index is 0.228. The van der Waals surface area contributed by atoms with Crippen molar-refractivity contribution in [1.29, 1.82) is 0 Å². The molecule has 1 aromatic carbocycles. The van der Waals surface area contributed by atoms with E-state index in [1.807, 2.05) is 53.7 Å². The normalized spacial score (nSPS) is 12.1. The Bertz CT molecular complexity index is 508. The highest BCUT2D eigenvalue weighted by molar-refractivity contribution is 6.18. The van der Waals surface area contributed by atoms with Crippen molar-refractivity contribution < 1.29 is 9.90 Å². The molecule has 0 aliphatic heterocycles. The molecule has 0 atom stereocenters. The van der Waals surface area contributed by atoms with Gasteiger partial charge in [-0.1, -0.05) is 41.5 Å². The fourth-order valence-corrected chi connectivity index (χ4v) is 2.28. The number of anilines is 1. The predicted molar refractivity (Wildman–Crippen MR) is 93.2 cm³/mol. The van der Waals surface area contributed by atoms with Gasteiger partial charge < -0.3 is 15.7 Å². The van der Waals surface area contributed by atoms with Crippen molar-refractivity contribution >= 4 is 23.3 Å². The van der Waals surface area contributed by atoms with Gasteiger partial charge in [0.15, 0.2) is 0 Å². The van der Waals surface area contributed by atoms with E-state index in [1.54, 1.807) is 0 Å². The van der Waals surface area contributed by atoms with Crippen molar-refractivity contribution in [2.75, 3.05) is 17.7 Å². The first-order valence-electron chi connectivity index (χ1n) is 7.45. The Morgan fingerprint density at radius 1 is 1.09 bits per heavy atom. The van der Waals surface area contributed by atoms with Crippen molar-refractivity contribution in [3.05, 3.63) is 23.3 Å². The van der Waals surface area contributed by atoms with Crippen LogP contribution in [0.5, 0.6) is 5.75 Å². The summed E-state index contributed by atoms with van der Waals surface area (Å²) in [5.41, 5.74) is 1.84. The Morgan fingerprint density at radius 3 is 1.91 bits per heavy atom. The summed E-state index contributed by atoms with van der Waals surface area (Å²) in [5.74, 6) is 0.662. The summed E-state index contributed by atoms with van der Waals surface area (Å²) in [6.45, 7) is 12.6. The Labute approximate surface area is 138 Å². The number of hydrogen-bond acceptors (Lipinski definition) is 2. The van der Waals surface area contributed by atoms with Gasteiger partial charge in [-0.05, 0) is 23.0 Å². The van der Waals surface area contributed by atoms with Crippen LogP contribution >= 0.6 is 11.6 Å². The molecule has 0 aliphatic rings. The molecule has 0 aliphatic carbocycles. The zero-order valence-electron chi connectivity index (χ0n) is 14.3. The molecule has 0 bridgehead atoms. The average molecular weight is 327 g/mol. The van der Waals surface area contributed by atoms with E-state index < -0.39 is 0 Å². The maximum absolute atomic E-state index is 11.8. The number of phenols is 1. The van der Waals surface area contributed by atoms with Crippen LogP contribution < -0.4 is 10.6 Å². The molecule has 124 valence electrons. The summed E-state index contributed by atoms with van der Waals surface area (Å²) in [4.78, 5) is 11.8. The molecular formula is C17H27ClN2O2. The van der Waals surface area contributed by atoms with Crippen LogP contribution in [0.15, 0.2) is 12.1 Å². The van der Waals surface area contributed by atoms with Crippen LogP contribution in [0.2, 0.25) is 0 Å². The quantitative estimate of drug-likeness (QED) is 0.571. The number of amides is 2. The molecule has 3 N–H and O–H groups in total. The Balaban J connectivity index is 3.27. The third-order valence-corrected chi connectivity index (χ3v) is 3.55. The molecule has 4 nitrogen and oxygen atoms in total. The van der Waals surface area contributed by atoms with E-state index in [-0.39, 0.29) is 16.9 Å². The molecule has 0 fully saturated rings. The molecule has 2 amide bonds. The standard InChI is InChI=1S/C17H27ClN2O2/c1-16(2,3)12-9-11(20-15(22)19-8-7-18)10-13(14(12)21)17(4,5)6/h9-10,21H,7-8H2,1-6H3,(H2,19,20,22). The van der Waals surface area contributed by atoms with E-state index in [0.717, 1.165) is 11.1 Å². The van der Waals surface area contributed by atoms with Gasteiger partial charge in [-0.15, -0.1) is 11.6 Å². The molecule has 0 saturated heterocycles. The molecule has 0 unspecified atom stereocenters. The third-order valence-electron chi connectivity index (χ3n) is 3.36. The minimum Gasteiger partial charge on any atom is -0.507 e. The van der Waals surface area contributed by atoms with E-state index in [9.17, 15) is 9.90 Å². The lowest BCUT2D eigenvalue weighted by Gasteiger charge is -2.28. The number of alkyl halides is 1. The molecular weight excluding hydrogens is 300 g/mol. The fraction of sp³-hybridized carbons (Fsp3) is 0.588. The van der Waals surface area contributed by atoms with Crippen LogP contribution in [-0.4, -0.2) is 23.6 Å². The van der Waals surface area contributed by atoms with Crippen LogP contribution in [0.25, 0.3) is 0 Å². The highest BCUT2D eigenvalue weighted by atomic mass is 35.5. The molecule has 1 rings (SSSR count). The predicted octanol–water partition coefficient (Wildman–Crippen LogP) is 4.35. The largest absolute Gasteiger partial charge is 0.507 e. The number of aromatic hydroxyl groups is 1. The van der Waals surface area contributed by atoms with Gasteiger partial charge in [0, 0.05) is 29.2 Å². The molecule has 0 spiro atoms. The smallest absolute Gasteiger partial charge is 0.319 e. The van der Waals surface area contributed by atoms with Gasteiger partial charge in [-0.3, -0.25) is 0 Å². The summed E-state index contributed by atoms with van der Waals surface area (Å²) in [6.07, 6.45) is 0. The van der Waals surface area contributed by atoms with E-state index in [1.165, 1.54) is 0 Å².